The molecule has 5 nitrogen and oxygen atoms in total. The van der Waals surface area contributed by atoms with Gasteiger partial charge in [0.2, 0.25) is 0 Å². The lowest BCUT2D eigenvalue weighted by atomic mass is 9.49. The summed E-state index contributed by atoms with van der Waals surface area (Å²) in [5.74, 6) is 0.561. The highest BCUT2D eigenvalue weighted by Gasteiger charge is 2.72. The van der Waals surface area contributed by atoms with Gasteiger partial charge in [-0.2, -0.15) is 0 Å². The monoisotopic (exact) mass is 429 g/mol. The molecule has 0 unspecified atom stereocenters. The van der Waals surface area contributed by atoms with Gasteiger partial charge in [-0.3, -0.25) is 4.79 Å². The van der Waals surface area contributed by atoms with Crippen molar-refractivity contribution in [1.82, 2.24) is 4.90 Å². The summed E-state index contributed by atoms with van der Waals surface area (Å²) in [5, 5.41) is 21.8. The number of aliphatic hydroxyl groups is 1. The fourth-order valence-electron chi connectivity index (χ4n) is 5.54. The molecule has 23 heavy (non-hydrogen) atoms. The molecular formula is C17H20INO4. The minimum Gasteiger partial charge on any atom is -0.504 e. The molecule has 2 aliphatic heterocycles. The van der Waals surface area contributed by atoms with Gasteiger partial charge in [-0.05, 0) is 44.5 Å². The summed E-state index contributed by atoms with van der Waals surface area (Å²) in [6, 6.07) is 3.57. The number of benzene rings is 1. The number of likely N-dealkylation sites (N-methyl/N-ethyl adjacent to an activating group) is 1. The molecular weight excluding hydrogens is 409 g/mol. The van der Waals surface area contributed by atoms with Gasteiger partial charge in [0.15, 0.2) is 23.4 Å². The highest BCUT2D eigenvalue weighted by molar-refractivity contribution is 14.0. The van der Waals surface area contributed by atoms with E-state index in [1.807, 2.05) is 13.1 Å². The smallest absolute Gasteiger partial charge is 0.174 e. The molecule has 0 radical (unpaired) electrons. The number of likely N-dealkylation sites (tertiary alicyclic amines) is 1. The van der Waals surface area contributed by atoms with Gasteiger partial charge in [-0.15, -0.1) is 24.0 Å². The quantitative estimate of drug-likeness (QED) is 0.610. The minimum atomic E-state index is -0.954. The molecule has 2 heterocycles. The molecule has 124 valence electrons. The van der Waals surface area contributed by atoms with Gasteiger partial charge >= 0.3 is 0 Å². The van der Waals surface area contributed by atoms with Crippen LogP contribution in [0.2, 0.25) is 0 Å². The number of Topliss-reactive ketones (excluding diaryl/α,β-unsaturated/α-hetero) is 1. The van der Waals surface area contributed by atoms with Crippen molar-refractivity contribution in [1.29, 1.82) is 0 Å². The summed E-state index contributed by atoms with van der Waals surface area (Å²) >= 11 is 0. The number of nitrogens with zero attached hydrogens (tertiary/aromatic N) is 1. The number of aromatic hydroxyl groups is 1. The lowest BCUT2D eigenvalue weighted by Crippen LogP contribution is -2.76. The molecule has 2 aliphatic carbocycles. The third-order valence-corrected chi connectivity index (χ3v) is 6.53. The molecule has 4 aliphatic rings. The Morgan fingerprint density at radius 1 is 1.35 bits per heavy atom. The van der Waals surface area contributed by atoms with E-state index in [9.17, 15) is 15.0 Å². The number of piperidine rings is 1. The van der Waals surface area contributed by atoms with Crippen LogP contribution >= 0.6 is 24.0 Å². The topological polar surface area (TPSA) is 70.0 Å². The Hall–Kier alpha value is -0.860. The third-order valence-electron chi connectivity index (χ3n) is 6.53. The largest absolute Gasteiger partial charge is 0.504 e. The first-order valence-electron chi connectivity index (χ1n) is 7.96. The SMILES string of the molecule is CN1CC[C@]23c4c5ccc(O)c4O[C@H]2C(=O)CC[C@@]3(O)[C@H]1C5.I. The molecule has 4 atom stereocenters. The second kappa shape index (κ2) is 4.61. The molecule has 0 amide bonds. The third kappa shape index (κ3) is 1.53. The lowest BCUT2D eigenvalue weighted by molar-refractivity contribution is -0.185. The van der Waals surface area contributed by atoms with Crippen LogP contribution in [0.15, 0.2) is 12.1 Å². The molecule has 1 aromatic carbocycles. The average molecular weight is 429 g/mol. The Balaban J connectivity index is 0.00000135. The molecule has 2 fully saturated rings. The standard InChI is InChI=1S/C17H19NO4.HI/c1-18-7-6-16-13-9-2-3-10(19)14(13)22-15(16)11(20)4-5-17(16,21)12(18)8-9;/h2-3,12,15,19,21H,4-8H2,1H3;1H/t12-,15+,16+,17-;/m1./s1. The van der Waals surface area contributed by atoms with Gasteiger partial charge in [-0.1, -0.05) is 6.07 Å². The van der Waals surface area contributed by atoms with Gasteiger partial charge in [0, 0.05) is 18.0 Å². The minimum absolute atomic E-state index is 0. The van der Waals surface area contributed by atoms with Crippen LogP contribution in [-0.2, 0) is 16.6 Å². The number of ketones is 1. The molecule has 5 rings (SSSR count). The van der Waals surface area contributed by atoms with Crippen LogP contribution in [0.25, 0.3) is 0 Å². The number of carbonyl (C=O) groups excluding carboxylic acids is 1. The van der Waals surface area contributed by atoms with Crippen LogP contribution in [0.5, 0.6) is 11.5 Å². The first-order valence-corrected chi connectivity index (χ1v) is 7.96. The van der Waals surface area contributed by atoms with E-state index in [0.717, 1.165) is 24.1 Å². The van der Waals surface area contributed by atoms with E-state index >= 15 is 0 Å². The summed E-state index contributed by atoms with van der Waals surface area (Å²) < 4.78 is 5.94. The molecule has 2 N–H and O–H groups in total. The Morgan fingerprint density at radius 3 is 2.91 bits per heavy atom. The van der Waals surface area contributed by atoms with E-state index in [2.05, 4.69) is 4.90 Å². The van der Waals surface area contributed by atoms with Crippen molar-refractivity contribution >= 4 is 29.8 Å². The van der Waals surface area contributed by atoms with Crippen molar-refractivity contribution in [2.75, 3.05) is 13.6 Å². The van der Waals surface area contributed by atoms with Gasteiger partial charge in [0.25, 0.3) is 0 Å². The number of phenolic OH excluding ortho intramolecular Hbond substituents is 1. The fraction of sp³-hybridized carbons (Fsp3) is 0.588. The number of carbonyl (C=O) groups is 1. The van der Waals surface area contributed by atoms with E-state index < -0.39 is 17.1 Å². The van der Waals surface area contributed by atoms with E-state index in [4.69, 9.17) is 4.74 Å². The van der Waals surface area contributed by atoms with Crippen molar-refractivity contribution in [3.8, 4) is 11.5 Å². The average Bonchev–Trinajstić information content (AvgIpc) is 2.85. The van der Waals surface area contributed by atoms with Gasteiger partial charge in [0.1, 0.15) is 0 Å². The highest BCUT2D eigenvalue weighted by atomic mass is 127. The second-order valence-corrected chi connectivity index (χ2v) is 7.26. The van der Waals surface area contributed by atoms with Crippen LogP contribution in [0, 0.1) is 0 Å². The van der Waals surface area contributed by atoms with Crippen LogP contribution in [-0.4, -0.2) is 52.2 Å². The number of hydrogen-bond acceptors (Lipinski definition) is 5. The number of halogens is 1. The summed E-state index contributed by atoms with van der Waals surface area (Å²) in [6.07, 6.45) is 1.61. The van der Waals surface area contributed by atoms with Crippen LogP contribution in [0.4, 0.5) is 0 Å². The van der Waals surface area contributed by atoms with Crippen LogP contribution < -0.4 is 4.74 Å². The Morgan fingerprint density at radius 2 is 2.13 bits per heavy atom. The molecule has 1 saturated heterocycles. The highest BCUT2D eigenvalue weighted by Crippen LogP contribution is 2.64. The molecule has 2 bridgehead atoms. The molecule has 6 heteroatoms. The zero-order valence-corrected chi connectivity index (χ0v) is 15.2. The zero-order chi connectivity index (χ0) is 15.3. The van der Waals surface area contributed by atoms with E-state index in [-0.39, 0.29) is 41.6 Å². The lowest BCUT2D eigenvalue weighted by Gasteiger charge is -2.61. The maximum Gasteiger partial charge on any atom is 0.174 e. The van der Waals surface area contributed by atoms with Crippen molar-refractivity contribution in [2.24, 2.45) is 0 Å². The number of rotatable bonds is 0. The zero-order valence-electron chi connectivity index (χ0n) is 12.9. The van der Waals surface area contributed by atoms with Crippen molar-refractivity contribution < 1.29 is 19.7 Å². The molecule has 0 aromatic heterocycles. The Bertz CT molecular complexity index is 723. The van der Waals surface area contributed by atoms with Crippen LogP contribution in [0.3, 0.4) is 0 Å². The second-order valence-electron chi connectivity index (χ2n) is 7.26. The van der Waals surface area contributed by atoms with Crippen molar-refractivity contribution in [3.05, 3.63) is 23.3 Å². The van der Waals surface area contributed by atoms with Crippen molar-refractivity contribution in [2.45, 2.75) is 48.8 Å². The molecule has 1 aromatic rings. The molecule has 1 spiro atoms. The maximum absolute atomic E-state index is 12.5. The van der Waals surface area contributed by atoms with Crippen LogP contribution in [0.1, 0.15) is 30.4 Å². The van der Waals surface area contributed by atoms with Gasteiger partial charge in [0.05, 0.1) is 11.0 Å². The van der Waals surface area contributed by atoms with Crippen molar-refractivity contribution in [3.63, 3.8) is 0 Å². The van der Waals surface area contributed by atoms with E-state index in [0.29, 0.717) is 25.0 Å². The van der Waals surface area contributed by atoms with Gasteiger partial charge in [-0.25, -0.2) is 0 Å². The van der Waals surface area contributed by atoms with E-state index in [1.165, 1.54) is 0 Å². The summed E-state index contributed by atoms with van der Waals surface area (Å²) in [6.45, 7) is 0.828. The summed E-state index contributed by atoms with van der Waals surface area (Å²) in [4.78, 5) is 14.7. The Labute approximate surface area is 151 Å². The van der Waals surface area contributed by atoms with Gasteiger partial charge < -0.3 is 19.8 Å². The first kappa shape index (κ1) is 15.7. The summed E-state index contributed by atoms with van der Waals surface area (Å²) in [5.41, 5.74) is 0.370. The number of phenols is 1. The number of hydrogen-bond donors (Lipinski definition) is 2. The maximum atomic E-state index is 12.5. The normalized spacial score (nSPS) is 40.2. The Kier molecular flexibility index (Phi) is 3.14. The number of ether oxygens (including phenoxy) is 1. The fourth-order valence-corrected chi connectivity index (χ4v) is 5.54. The predicted octanol–water partition coefficient (Wildman–Crippen LogP) is 1.36. The van der Waals surface area contributed by atoms with E-state index in [1.54, 1.807) is 6.07 Å². The predicted molar refractivity (Wildman–Crippen MR) is 93.5 cm³/mol. The molecule has 1 saturated carbocycles. The first-order chi connectivity index (χ1) is 10.5. The summed E-state index contributed by atoms with van der Waals surface area (Å²) in [7, 11) is 2.04.